The lowest BCUT2D eigenvalue weighted by atomic mass is 10.3. The average Bonchev–Trinajstić information content (AvgIpc) is 2.92. The maximum atomic E-state index is 11.9. The van der Waals surface area contributed by atoms with Crippen LogP contribution in [0, 0.1) is 6.92 Å². The summed E-state index contributed by atoms with van der Waals surface area (Å²) in [5.41, 5.74) is 0.705. The number of nitrogens with one attached hydrogen (secondary N) is 2. The van der Waals surface area contributed by atoms with Crippen molar-refractivity contribution in [3.05, 3.63) is 15.6 Å². The van der Waals surface area contributed by atoms with Gasteiger partial charge in [-0.2, -0.15) is 0 Å². The molecule has 0 radical (unpaired) electrons. The van der Waals surface area contributed by atoms with E-state index in [1.807, 2.05) is 13.8 Å². The number of halogens is 1. The Bertz CT molecular complexity index is 563. The van der Waals surface area contributed by atoms with Gasteiger partial charge in [0.05, 0.1) is 18.3 Å². The van der Waals surface area contributed by atoms with Crippen LogP contribution in [0.5, 0.6) is 0 Å². The number of aryl methyl sites for hydroxylation is 1. The highest BCUT2D eigenvalue weighted by Crippen LogP contribution is 2.24. The molecule has 0 aliphatic rings. The number of hydrogen-bond acceptors (Lipinski definition) is 6. The van der Waals surface area contributed by atoms with Gasteiger partial charge in [-0.1, -0.05) is 0 Å². The lowest BCUT2D eigenvalue weighted by molar-refractivity contribution is 0.0531. The zero-order valence-electron chi connectivity index (χ0n) is 15.9. The van der Waals surface area contributed by atoms with Crippen LogP contribution in [-0.4, -0.2) is 62.7 Å². The van der Waals surface area contributed by atoms with E-state index in [1.54, 1.807) is 14.0 Å². The molecule has 0 spiro atoms. The standard InChI is InChI=1S/C16H29N5O2S.HI/c1-7-23-15(22)13-11(2)19-14(24-13)12(3)20-16(17-4)18-9-8-10-21(5)6;/h12H,7-10H2,1-6H3,(H2,17,18,20);1H. The summed E-state index contributed by atoms with van der Waals surface area (Å²) in [4.78, 5) is 23.3. The SMILES string of the molecule is CCOC(=O)c1sc(C(C)NC(=NC)NCCCN(C)C)nc1C.I. The Morgan fingerprint density at radius 2 is 2.12 bits per heavy atom. The van der Waals surface area contributed by atoms with E-state index in [0.29, 0.717) is 17.2 Å². The van der Waals surface area contributed by atoms with Crippen molar-refractivity contribution < 1.29 is 9.53 Å². The Kier molecular flexibility index (Phi) is 12.0. The molecule has 0 saturated heterocycles. The van der Waals surface area contributed by atoms with Crippen LogP contribution in [0.1, 0.15) is 46.7 Å². The Balaban J connectivity index is 0.00000576. The summed E-state index contributed by atoms with van der Waals surface area (Å²) in [6.07, 6.45) is 1.03. The number of guanidine groups is 1. The largest absolute Gasteiger partial charge is 0.462 e. The van der Waals surface area contributed by atoms with Crippen molar-refractivity contribution in [3.63, 3.8) is 0 Å². The minimum absolute atomic E-state index is 0. The van der Waals surface area contributed by atoms with Crippen LogP contribution in [0.15, 0.2) is 4.99 Å². The van der Waals surface area contributed by atoms with Crippen LogP contribution < -0.4 is 10.6 Å². The Morgan fingerprint density at radius 1 is 1.44 bits per heavy atom. The van der Waals surface area contributed by atoms with Crippen molar-refractivity contribution >= 4 is 47.2 Å². The number of carbonyl (C=O) groups excluding carboxylic acids is 1. The zero-order chi connectivity index (χ0) is 18.1. The molecule has 0 fully saturated rings. The third kappa shape index (κ3) is 8.32. The Labute approximate surface area is 171 Å². The smallest absolute Gasteiger partial charge is 0.350 e. The van der Waals surface area contributed by atoms with E-state index in [1.165, 1.54) is 11.3 Å². The molecule has 1 aromatic rings. The van der Waals surface area contributed by atoms with Gasteiger partial charge in [0, 0.05) is 13.6 Å². The van der Waals surface area contributed by atoms with Gasteiger partial charge < -0.3 is 20.3 Å². The van der Waals surface area contributed by atoms with E-state index in [-0.39, 0.29) is 36.0 Å². The fourth-order valence-corrected chi connectivity index (χ4v) is 3.02. The number of aromatic nitrogens is 1. The van der Waals surface area contributed by atoms with Gasteiger partial charge in [-0.05, 0) is 47.8 Å². The molecule has 1 heterocycles. The van der Waals surface area contributed by atoms with Crippen molar-refractivity contribution in [2.24, 2.45) is 4.99 Å². The van der Waals surface area contributed by atoms with Crippen molar-refractivity contribution in [3.8, 4) is 0 Å². The minimum atomic E-state index is -0.308. The average molecular weight is 483 g/mol. The third-order valence-corrected chi connectivity index (χ3v) is 4.62. The summed E-state index contributed by atoms with van der Waals surface area (Å²) in [6, 6.07) is -0.0445. The van der Waals surface area contributed by atoms with E-state index < -0.39 is 0 Å². The van der Waals surface area contributed by atoms with Gasteiger partial charge in [-0.15, -0.1) is 35.3 Å². The molecule has 0 aliphatic carbocycles. The first kappa shape index (κ1) is 24.1. The summed E-state index contributed by atoms with van der Waals surface area (Å²) >= 11 is 1.36. The molecule has 7 nitrogen and oxygen atoms in total. The molecule has 1 aromatic heterocycles. The fraction of sp³-hybridized carbons (Fsp3) is 0.688. The van der Waals surface area contributed by atoms with Crippen molar-refractivity contribution in [2.75, 3.05) is 40.8 Å². The molecule has 0 aliphatic heterocycles. The Morgan fingerprint density at radius 3 is 2.68 bits per heavy atom. The fourth-order valence-electron chi connectivity index (χ4n) is 2.05. The topological polar surface area (TPSA) is 78.8 Å². The minimum Gasteiger partial charge on any atom is -0.462 e. The molecule has 0 saturated carbocycles. The van der Waals surface area contributed by atoms with Crippen LogP contribution in [-0.2, 0) is 4.74 Å². The van der Waals surface area contributed by atoms with Gasteiger partial charge in [-0.25, -0.2) is 9.78 Å². The second-order valence-corrected chi connectivity index (χ2v) is 6.74. The van der Waals surface area contributed by atoms with Crippen LogP contribution in [0.2, 0.25) is 0 Å². The van der Waals surface area contributed by atoms with Gasteiger partial charge in [0.25, 0.3) is 0 Å². The van der Waals surface area contributed by atoms with Crippen molar-refractivity contribution in [1.82, 2.24) is 20.5 Å². The molecular formula is C16H30IN5O2S. The molecule has 144 valence electrons. The van der Waals surface area contributed by atoms with Crippen LogP contribution in [0.25, 0.3) is 0 Å². The maximum absolute atomic E-state index is 11.9. The molecule has 2 N–H and O–H groups in total. The van der Waals surface area contributed by atoms with Crippen LogP contribution in [0.3, 0.4) is 0 Å². The quantitative estimate of drug-likeness (QED) is 0.195. The lowest BCUT2D eigenvalue weighted by Crippen LogP contribution is -2.39. The van der Waals surface area contributed by atoms with Crippen LogP contribution in [0.4, 0.5) is 0 Å². The van der Waals surface area contributed by atoms with E-state index in [9.17, 15) is 4.79 Å². The van der Waals surface area contributed by atoms with E-state index in [0.717, 1.165) is 30.5 Å². The summed E-state index contributed by atoms with van der Waals surface area (Å²) in [5, 5.41) is 7.43. The number of hydrogen-bond donors (Lipinski definition) is 2. The zero-order valence-corrected chi connectivity index (χ0v) is 19.0. The van der Waals surface area contributed by atoms with Crippen molar-refractivity contribution in [1.29, 1.82) is 0 Å². The number of esters is 1. The molecular weight excluding hydrogens is 453 g/mol. The number of thiazole rings is 1. The summed E-state index contributed by atoms with van der Waals surface area (Å²) in [7, 11) is 5.85. The Hall–Kier alpha value is -0.940. The predicted octanol–water partition coefficient (Wildman–Crippen LogP) is 2.42. The van der Waals surface area contributed by atoms with Gasteiger partial charge in [0.1, 0.15) is 9.88 Å². The van der Waals surface area contributed by atoms with Crippen molar-refractivity contribution in [2.45, 2.75) is 33.2 Å². The molecule has 9 heteroatoms. The second kappa shape index (κ2) is 12.4. The van der Waals surface area contributed by atoms with E-state index in [2.05, 4.69) is 39.6 Å². The number of carbonyl (C=O) groups is 1. The highest BCUT2D eigenvalue weighted by atomic mass is 127. The summed E-state index contributed by atoms with van der Waals surface area (Å²) < 4.78 is 5.06. The number of aliphatic imine (C=N–C) groups is 1. The molecule has 0 bridgehead atoms. The lowest BCUT2D eigenvalue weighted by Gasteiger charge is -2.17. The monoisotopic (exact) mass is 483 g/mol. The maximum Gasteiger partial charge on any atom is 0.350 e. The molecule has 0 aromatic carbocycles. The molecule has 0 amide bonds. The molecule has 1 unspecified atom stereocenters. The number of rotatable bonds is 8. The normalized spacial score (nSPS) is 12.5. The van der Waals surface area contributed by atoms with Crippen LogP contribution >= 0.6 is 35.3 Å². The molecule has 25 heavy (non-hydrogen) atoms. The first-order chi connectivity index (χ1) is 11.4. The first-order valence-corrected chi connectivity index (χ1v) is 8.97. The third-order valence-electron chi connectivity index (χ3n) is 3.30. The van der Waals surface area contributed by atoms with Gasteiger partial charge in [0.2, 0.25) is 0 Å². The molecule has 1 atom stereocenters. The highest BCUT2D eigenvalue weighted by molar-refractivity contribution is 14.0. The first-order valence-electron chi connectivity index (χ1n) is 8.15. The second-order valence-electron chi connectivity index (χ2n) is 5.71. The van der Waals surface area contributed by atoms with Gasteiger partial charge in [-0.3, -0.25) is 4.99 Å². The number of ether oxygens (including phenoxy) is 1. The van der Waals surface area contributed by atoms with E-state index >= 15 is 0 Å². The summed E-state index contributed by atoms with van der Waals surface area (Å²) in [5.74, 6) is 0.420. The van der Waals surface area contributed by atoms with Gasteiger partial charge >= 0.3 is 5.97 Å². The predicted molar refractivity (Wildman–Crippen MR) is 114 cm³/mol. The molecule has 1 rings (SSSR count). The van der Waals surface area contributed by atoms with E-state index in [4.69, 9.17) is 4.74 Å². The highest BCUT2D eigenvalue weighted by Gasteiger charge is 2.19. The summed E-state index contributed by atoms with van der Waals surface area (Å²) in [6.45, 7) is 7.85. The number of nitrogens with zero attached hydrogens (tertiary/aromatic N) is 3. The van der Waals surface area contributed by atoms with Gasteiger partial charge in [0.15, 0.2) is 5.96 Å².